The summed E-state index contributed by atoms with van der Waals surface area (Å²) < 4.78 is 28.2. The molecule has 0 bridgehead atoms. The fourth-order valence-electron chi connectivity index (χ4n) is 2.46. The van der Waals surface area contributed by atoms with Gasteiger partial charge in [-0.15, -0.1) is 0 Å². The van der Waals surface area contributed by atoms with Gasteiger partial charge in [0.2, 0.25) is 0 Å². The molecule has 0 atom stereocenters. The predicted molar refractivity (Wildman–Crippen MR) is 80.7 cm³/mol. The van der Waals surface area contributed by atoms with Crippen LogP contribution in [0.15, 0.2) is 36.5 Å². The molecule has 2 aromatic heterocycles. The second-order valence-electron chi connectivity index (χ2n) is 5.15. The Bertz CT molecular complexity index is 982. The van der Waals surface area contributed by atoms with Crippen molar-refractivity contribution in [3.63, 3.8) is 0 Å². The number of hydrogen-bond donors (Lipinski definition) is 2. The summed E-state index contributed by atoms with van der Waals surface area (Å²) >= 11 is 0. The van der Waals surface area contributed by atoms with E-state index in [1.165, 1.54) is 29.0 Å². The van der Waals surface area contributed by atoms with Crippen molar-refractivity contribution in [1.29, 1.82) is 0 Å². The summed E-state index contributed by atoms with van der Waals surface area (Å²) in [7, 11) is 0. The zero-order chi connectivity index (χ0) is 17.4. The molecule has 3 rings (SSSR count). The summed E-state index contributed by atoms with van der Waals surface area (Å²) in [5.74, 6) is -3.48. The van der Waals surface area contributed by atoms with E-state index in [0.717, 1.165) is 12.1 Å². The average molecular weight is 331 g/mol. The monoisotopic (exact) mass is 331 g/mol. The number of nitrogens with two attached hydrogens (primary N) is 1. The van der Waals surface area contributed by atoms with Crippen molar-refractivity contribution in [3.8, 4) is 0 Å². The van der Waals surface area contributed by atoms with Gasteiger partial charge in [0.15, 0.2) is 0 Å². The summed E-state index contributed by atoms with van der Waals surface area (Å²) in [5, 5.41) is 9.78. The van der Waals surface area contributed by atoms with Gasteiger partial charge < -0.3 is 15.4 Å². The van der Waals surface area contributed by atoms with Gasteiger partial charge in [-0.1, -0.05) is 6.07 Å². The first-order valence-electron chi connectivity index (χ1n) is 6.83. The maximum absolute atomic E-state index is 13.9. The van der Waals surface area contributed by atoms with Crippen LogP contribution in [0.2, 0.25) is 0 Å². The number of rotatable bonds is 4. The highest BCUT2D eigenvalue weighted by atomic mass is 19.1. The van der Waals surface area contributed by atoms with Crippen molar-refractivity contribution in [2.75, 3.05) is 0 Å². The lowest BCUT2D eigenvalue weighted by atomic mass is 10.2. The normalized spacial score (nSPS) is 10.9. The number of carboxylic acid groups (broad SMARTS) is 1. The molecule has 1 aromatic carbocycles. The molecule has 0 saturated heterocycles. The molecule has 122 valence electrons. The first kappa shape index (κ1) is 15.6. The largest absolute Gasteiger partial charge is 0.477 e. The summed E-state index contributed by atoms with van der Waals surface area (Å²) in [4.78, 5) is 26.5. The number of benzene rings is 1. The van der Waals surface area contributed by atoms with Gasteiger partial charge in [-0.2, -0.15) is 0 Å². The number of amides is 1. The van der Waals surface area contributed by atoms with Crippen LogP contribution in [0.25, 0.3) is 10.9 Å². The smallest absolute Gasteiger partial charge is 0.352 e. The quantitative estimate of drug-likeness (QED) is 0.765. The first-order valence-corrected chi connectivity index (χ1v) is 6.83. The number of nitrogens with zero attached hydrogens (tertiary/aromatic N) is 2. The Morgan fingerprint density at radius 1 is 1.21 bits per heavy atom. The van der Waals surface area contributed by atoms with E-state index in [4.69, 9.17) is 5.73 Å². The van der Waals surface area contributed by atoms with Crippen LogP contribution in [-0.2, 0) is 6.54 Å². The Balaban J connectivity index is 2.16. The number of aromatic carboxylic acids is 1. The molecule has 0 aliphatic carbocycles. The second kappa shape index (κ2) is 5.73. The van der Waals surface area contributed by atoms with Gasteiger partial charge in [0.05, 0.1) is 18.3 Å². The zero-order valence-electron chi connectivity index (χ0n) is 12.2. The minimum Gasteiger partial charge on any atom is -0.477 e. The Hall–Kier alpha value is -3.29. The van der Waals surface area contributed by atoms with Crippen LogP contribution in [0, 0.1) is 11.6 Å². The maximum atomic E-state index is 13.9. The van der Waals surface area contributed by atoms with Crippen molar-refractivity contribution < 1.29 is 23.5 Å². The molecule has 0 aliphatic heterocycles. The SMILES string of the molecule is NC(=O)c1cc2cc(C(=O)O)n(Cc3ccc(F)cc3F)c2cn1. The van der Waals surface area contributed by atoms with Crippen molar-refractivity contribution in [1.82, 2.24) is 9.55 Å². The van der Waals surface area contributed by atoms with Crippen LogP contribution < -0.4 is 5.73 Å². The lowest BCUT2D eigenvalue weighted by molar-refractivity contribution is 0.0686. The van der Waals surface area contributed by atoms with Crippen molar-refractivity contribution in [3.05, 3.63) is 65.1 Å². The molecule has 0 aliphatic rings. The van der Waals surface area contributed by atoms with Gasteiger partial charge in [-0.05, 0) is 18.2 Å². The number of fused-ring (bicyclic) bond motifs is 1. The molecular formula is C16H11F2N3O3. The van der Waals surface area contributed by atoms with Crippen molar-refractivity contribution in [2.45, 2.75) is 6.54 Å². The molecular weight excluding hydrogens is 320 g/mol. The summed E-state index contributed by atoms with van der Waals surface area (Å²) in [6.45, 7) is -0.130. The molecule has 0 unspecified atom stereocenters. The van der Waals surface area contributed by atoms with E-state index in [0.29, 0.717) is 10.9 Å². The number of hydrogen-bond acceptors (Lipinski definition) is 3. The number of aromatic nitrogens is 2. The van der Waals surface area contributed by atoms with Crippen molar-refractivity contribution >= 4 is 22.8 Å². The van der Waals surface area contributed by atoms with Crippen LogP contribution in [0.5, 0.6) is 0 Å². The number of carbonyl (C=O) groups is 2. The van der Waals surface area contributed by atoms with Crippen LogP contribution in [0.3, 0.4) is 0 Å². The summed E-state index contributed by atoms with van der Waals surface area (Å²) in [6, 6.07) is 5.76. The molecule has 3 N–H and O–H groups in total. The Morgan fingerprint density at radius 3 is 2.58 bits per heavy atom. The first-order chi connectivity index (χ1) is 11.4. The number of primary amides is 1. The van der Waals surface area contributed by atoms with E-state index in [9.17, 15) is 23.5 Å². The summed E-state index contributed by atoms with van der Waals surface area (Å²) in [6.07, 6.45) is 1.29. The molecule has 0 fully saturated rings. The molecule has 1 amide bonds. The Morgan fingerprint density at radius 2 is 1.96 bits per heavy atom. The zero-order valence-corrected chi connectivity index (χ0v) is 12.2. The van der Waals surface area contributed by atoms with Gasteiger partial charge >= 0.3 is 5.97 Å². The van der Waals surface area contributed by atoms with Crippen LogP contribution in [-0.4, -0.2) is 26.5 Å². The van der Waals surface area contributed by atoms with Gasteiger partial charge in [-0.25, -0.2) is 18.6 Å². The third-order valence-corrected chi connectivity index (χ3v) is 3.60. The average Bonchev–Trinajstić information content (AvgIpc) is 2.88. The Labute approximate surface area is 134 Å². The molecule has 3 aromatic rings. The van der Waals surface area contributed by atoms with E-state index < -0.39 is 23.5 Å². The van der Waals surface area contributed by atoms with E-state index >= 15 is 0 Å². The second-order valence-corrected chi connectivity index (χ2v) is 5.15. The third-order valence-electron chi connectivity index (χ3n) is 3.60. The van der Waals surface area contributed by atoms with Gasteiger partial charge in [0.25, 0.3) is 5.91 Å². The number of carbonyl (C=O) groups excluding carboxylic acids is 1. The number of halogens is 2. The fraction of sp³-hybridized carbons (Fsp3) is 0.0625. The molecule has 0 saturated carbocycles. The minimum absolute atomic E-state index is 0.00967. The molecule has 0 spiro atoms. The third kappa shape index (κ3) is 2.69. The molecule has 0 radical (unpaired) electrons. The van der Waals surface area contributed by atoms with Crippen LogP contribution in [0.4, 0.5) is 8.78 Å². The standard InChI is InChI=1S/C16H11F2N3O3/c17-10-2-1-8(11(18)5-10)7-21-13(16(23)24)4-9-3-12(15(19)22)20-6-14(9)21/h1-6H,7H2,(H2,19,22)(H,23,24). The highest BCUT2D eigenvalue weighted by Crippen LogP contribution is 2.23. The van der Waals surface area contributed by atoms with E-state index in [2.05, 4.69) is 4.98 Å². The van der Waals surface area contributed by atoms with E-state index in [1.807, 2.05) is 0 Å². The molecule has 2 heterocycles. The lowest BCUT2D eigenvalue weighted by Gasteiger charge is -2.09. The molecule has 8 heteroatoms. The van der Waals surface area contributed by atoms with Gasteiger partial charge in [0, 0.05) is 17.0 Å². The van der Waals surface area contributed by atoms with Crippen molar-refractivity contribution in [2.24, 2.45) is 5.73 Å². The predicted octanol–water partition coefficient (Wildman–Crippen LogP) is 2.16. The number of pyridine rings is 1. The summed E-state index contributed by atoms with van der Waals surface area (Å²) in [5.41, 5.74) is 5.54. The topological polar surface area (TPSA) is 98.2 Å². The lowest BCUT2D eigenvalue weighted by Crippen LogP contribution is -2.13. The fourth-order valence-corrected chi connectivity index (χ4v) is 2.46. The van der Waals surface area contributed by atoms with E-state index in [-0.39, 0.29) is 23.5 Å². The molecule has 24 heavy (non-hydrogen) atoms. The highest BCUT2D eigenvalue weighted by Gasteiger charge is 2.18. The van der Waals surface area contributed by atoms with Crippen LogP contribution in [0.1, 0.15) is 26.5 Å². The minimum atomic E-state index is -1.23. The van der Waals surface area contributed by atoms with E-state index in [1.54, 1.807) is 0 Å². The Kier molecular flexibility index (Phi) is 3.72. The van der Waals surface area contributed by atoms with Gasteiger partial charge in [-0.3, -0.25) is 4.79 Å². The van der Waals surface area contributed by atoms with Crippen LogP contribution >= 0.6 is 0 Å². The number of carboxylic acids is 1. The maximum Gasteiger partial charge on any atom is 0.352 e. The molecule has 6 nitrogen and oxygen atoms in total. The highest BCUT2D eigenvalue weighted by molar-refractivity contribution is 5.98. The van der Waals surface area contributed by atoms with Gasteiger partial charge in [0.1, 0.15) is 23.0 Å².